The maximum Gasteiger partial charge on any atom is 0.330 e. The number of thioether (sulfide) groups is 1. The number of hydrogen-bond donors (Lipinski definition) is 0. The van der Waals surface area contributed by atoms with Gasteiger partial charge in [0.2, 0.25) is 5.91 Å². The molecule has 0 spiro atoms. The van der Waals surface area contributed by atoms with Gasteiger partial charge in [-0.1, -0.05) is 20.8 Å². The lowest BCUT2D eigenvalue weighted by Gasteiger charge is -2.48. The van der Waals surface area contributed by atoms with Crippen LogP contribution in [0.15, 0.2) is 0 Å². The topological polar surface area (TPSA) is 55.8 Å². The highest BCUT2D eigenvalue weighted by Crippen LogP contribution is 2.55. The van der Waals surface area contributed by atoms with E-state index in [0.29, 0.717) is 0 Å². The van der Waals surface area contributed by atoms with Gasteiger partial charge in [0, 0.05) is 4.75 Å². The van der Waals surface area contributed by atoms with Crippen LogP contribution in [0, 0.1) is 5.92 Å². The van der Waals surface area contributed by atoms with Crippen LogP contribution in [-0.2, 0) is 18.8 Å². The molecule has 2 rings (SSSR count). The molecular formula is C17H31NO4SSi. The normalized spacial score (nSPS) is 30.6. The number of ether oxygens (including phenoxy) is 1. The number of esters is 1. The molecule has 5 nitrogen and oxygen atoms in total. The van der Waals surface area contributed by atoms with E-state index >= 15 is 0 Å². The minimum atomic E-state index is -1.94. The molecule has 0 aromatic carbocycles. The van der Waals surface area contributed by atoms with E-state index in [-0.39, 0.29) is 39.1 Å². The molecule has 0 aromatic heterocycles. The minimum absolute atomic E-state index is 0.00336. The van der Waals surface area contributed by atoms with E-state index in [1.807, 2.05) is 20.8 Å². The standard InChI is InChI=1S/C17H31NO4SSi/c1-10(22-24(8,9)16(2,3)4)11-13(19)18-12(15(20)21-7)17(5,6)23-14(11)18/h10-12,14H,1-9H3/t10-,11-,12+,14-/m1/s1. The Balaban J connectivity index is 2.17. The van der Waals surface area contributed by atoms with Gasteiger partial charge in [0.25, 0.3) is 0 Å². The highest BCUT2D eigenvalue weighted by molar-refractivity contribution is 8.01. The van der Waals surface area contributed by atoms with Gasteiger partial charge < -0.3 is 14.1 Å². The Hall–Kier alpha value is -0.533. The number of fused-ring (bicyclic) bond motifs is 1. The molecule has 0 radical (unpaired) electrons. The van der Waals surface area contributed by atoms with E-state index < -0.39 is 14.4 Å². The Kier molecular flexibility index (Phi) is 4.96. The molecule has 0 aromatic rings. The Morgan fingerprint density at radius 3 is 2.33 bits per heavy atom. The van der Waals surface area contributed by atoms with E-state index in [0.717, 1.165) is 0 Å². The second-order valence-electron chi connectivity index (χ2n) is 8.89. The zero-order chi connectivity index (χ0) is 18.7. The summed E-state index contributed by atoms with van der Waals surface area (Å²) in [6, 6.07) is -0.513. The number of nitrogens with zero attached hydrogens (tertiary/aromatic N) is 1. The van der Waals surface area contributed by atoms with Crippen molar-refractivity contribution in [1.29, 1.82) is 0 Å². The lowest BCUT2D eigenvalue weighted by molar-refractivity contribution is -0.169. The zero-order valence-corrected chi connectivity index (χ0v) is 18.1. The fourth-order valence-corrected chi connectivity index (χ4v) is 6.50. The van der Waals surface area contributed by atoms with Crippen molar-refractivity contribution >= 4 is 32.0 Å². The van der Waals surface area contributed by atoms with E-state index in [2.05, 4.69) is 33.9 Å². The molecule has 0 aliphatic carbocycles. The predicted octanol–water partition coefficient (Wildman–Crippen LogP) is 3.25. The van der Waals surface area contributed by atoms with E-state index in [4.69, 9.17) is 9.16 Å². The molecule has 2 fully saturated rings. The van der Waals surface area contributed by atoms with Crippen LogP contribution in [0.4, 0.5) is 0 Å². The van der Waals surface area contributed by atoms with Gasteiger partial charge in [-0.15, -0.1) is 11.8 Å². The van der Waals surface area contributed by atoms with Crippen molar-refractivity contribution in [2.75, 3.05) is 7.11 Å². The highest BCUT2D eigenvalue weighted by atomic mass is 32.2. The molecule has 2 heterocycles. The summed E-state index contributed by atoms with van der Waals surface area (Å²) in [5, 5.41) is 0.0982. The van der Waals surface area contributed by atoms with Crippen LogP contribution in [0.5, 0.6) is 0 Å². The molecular weight excluding hydrogens is 342 g/mol. The number of rotatable bonds is 4. The number of carbonyl (C=O) groups excluding carboxylic acids is 2. The summed E-state index contributed by atoms with van der Waals surface area (Å²) in [4.78, 5) is 26.6. The minimum Gasteiger partial charge on any atom is -0.467 e. The Bertz CT molecular complexity index is 543. The van der Waals surface area contributed by atoms with Crippen LogP contribution in [0.1, 0.15) is 41.5 Å². The lowest BCUT2D eigenvalue weighted by atomic mass is 9.88. The number of carbonyl (C=O) groups is 2. The van der Waals surface area contributed by atoms with Gasteiger partial charge in [-0.25, -0.2) is 4.79 Å². The monoisotopic (exact) mass is 373 g/mol. The van der Waals surface area contributed by atoms with Crippen LogP contribution in [0.25, 0.3) is 0 Å². The first-order valence-corrected chi connectivity index (χ1v) is 12.3. The van der Waals surface area contributed by atoms with Crippen LogP contribution < -0.4 is 0 Å². The summed E-state index contributed by atoms with van der Waals surface area (Å²) < 4.78 is 11.0. The van der Waals surface area contributed by atoms with Crippen molar-refractivity contribution in [3.05, 3.63) is 0 Å². The Labute approximate surface area is 151 Å². The van der Waals surface area contributed by atoms with Crippen LogP contribution in [0.3, 0.4) is 0 Å². The maximum absolute atomic E-state index is 12.8. The summed E-state index contributed by atoms with van der Waals surface area (Å²) in [5.41, 5.74) is 0. The van der Waals surface area contributed by atoms with Crippen LogP contribution in [0.2, 0.25) is 18.1 Å². The Morgan fingerprint density at radius 1 is 1.33 bits per heavy atom. The number of β-lactam (4-membered cyclic amide) rings is 1. The zero-order valence-electron chi connectivity index (χ0n) is 16.3. The molecule has 2 saturated heterocycles. The first-order valence-electron chi connectivity index (χ1n) is 8.50. The largest absolute Gasteiger partial charge is 0.467 e. The number of amides is 1. The summed E-state index contributed by atoms with van der Waals surface area (Å²) in [6.07, 6.45) is -0.140. The smallest absolute Gasteiger partial charge is 0.330 e. The van der Waals surface area contributed by atoms with Crippen molar-refractivity contribution in [3.8, 4) is 0 Å². The number of methoxy groups -OCH3 is 1. The summed E-state index contributed by atoms with van der Waals surface area (Å²) in [7, 11) is -0.563. The fraction of sp³-hybridized carbons (Fsp3) is 0.882. The summed E-state index contributed by atoms with van der Waals surface area (Å²) in [6.45, 7) is 17.0. The van der Waals surface area contributed by atoms with Gasteiger partial charge in [0.05, 0.1) is 24.5 Å². The van der Waals surface area contributed by atoms with Crippen molar-refractivity contribution < 1.29 is 18.8 Å². The predicted molar refractivity (Wildman–Crippen MR) is 99.3 cm³/mol. The molecule has 7 heteroatoms. The third kappa shape index (κ3) is 3.03. The first-order chi connectivity index (χ1) is 10.7. The van der Waals surface area contributed by atoms with Gasteiger partial charge in [-0.3, -0.25) is 4.79 Å². The van der Waals surface area contributed by atoms with E-state index in [9.17, 15) is 9.59 Å². The molecule has 138 valence electrons. The van der Waals surface area contributed by atoms with Gasteiger partial charge in [-0.05, 0) is 38.9 Å². The summed E-state index contributed by atoms with van der Waals surface area (Å²) >= 11 is 1.68. The highest BCUT2D eigenvalue weighted by Gasteiger charge is 2.65. The third-order valence-electron chi connectivity index (χ3n) is 5.70. The van der Waals surface area contributed by atoms with Crippen molar-refractivity contribution in [2.24, 2.45) is 5.92 Å². The molecule has 0 saturated carbocycles. The van der Waals surface area contributed by atoms with Crippen molar-refractivity contribution in [1.82, 2.24) is 4.90 Å². The van der Waals surface area contributed by atoms with Crippen molar-refractivity contribution in [2.45, 2.75) is 81.9 Å². The van der Waals surface area contributed by atoms with Crippen LogP contribution in [-0.4, -0.2) is 54.5 Å². The van der Waals surface area contributed by atoms with Crippen LogP contribution >= 0.6 is 11.8 Å². The quantitative estimate of drug-likeness (QED) is 0.430. The molecule has 2 aliphatic heterocycles. The molecule has 0 bridgehead atoms. The van der Waals surface area contributed by atoms with E-state index in [1.165, 1.54) is 7.11 Å². The summed E-state index contributed by atoms with van der Waals surface area (Å²) in [5.74, 6) is -0.502. The van der Waals surface area contributed by atoms with E-state index in [1.54, 1.807) is 16.7 Å². The maximum atomic E-state index is 12.8. The molecule has 0 N–H and O–H groups in total. The fourth-order valence-electron chi connectivity index (χ4n) is 3.28. The molecule has 1 amide bonds. The number of hydrogen-bond acceptors (Lipinski definition) is 5. The van der Waals surface area contributed by atoms with Gasteiger partial charge in [-0.2, -0.15) is 0 Å². The molecule has 4 atom stereocenters. The SMILES string of the molecule is COC(=O)[C@@H]1N2C(=O)[C@@H]([C@@H](C)O[Si](C)(C)C(C)(C)C)[C@H]2SC1(C)C. The average molecular weight is 374 g/mol. The molecule has 0 unspecified atom stereocenters. The lowest BCUT2D eigenvalue weighted by Crippen LogP contribution is -2.66. The van der Waals surface area contributed by atoms with Crippen molar-refractivity contribution in [3.63, 3.8) is 0 Å². The average Bonchev–Trinajstić information content (AvgIpc) is 2.64. The second-order valence-corrected chi connectivity index (χ2v) is 15.4. The first kappa shape index (κ1) is 19.8. The molecule has 2 aliphatic rings. The Morgan fingerprint density at radius 2 is 1.88 bits per heavy atom. The third-order valence-corrected chi connectivity index (χ3v) is 11.9. The van der Waals surface area contributed by atoms with Gasteiger partial charge in [0.1, 0.15) is 6.04 Å². The van der Waals surface area contributed by atoms with Gasteiger partial charge >= 0.3 is 5.97 Å². The molecule has 24 heavy (non-hydrogen) atoms. The second kappa shape index (κ2) is 6.02. The van der Waals surface area contributed by atoms with Gasteiger partial charge in [0.15, 0.2) is 8.32 Å².